The predicted molar refractivity (Wildman–Crippen MR) is 141 cm³/mol. The maximum Gasteiger partial charge on any atom is 0.185 e. The number of hydrogen-bond donors (Lipinski definition) is 4. The van der Waals surface area contributed by atoms with Gasteiger partial charge in [0.05, 0.1) is 0 Å². The minimum absolute atomic E-state index is 0.246. The molecule has 0 aromatic carbocycles. The van der Waals surface area contributed by atoms with Crippen LogP contribution in [0.3, 0.4) is 0 Å². The monoisotopic (exact) mass is 470 g/mol. The van der Waals surface area contributed by atoms with Gasteiger partial charge in [-0.1, -0.05) is 6.92 Å². The van der Waals surface area contributed by atoms with E-state index in [1.54, 1.807) is 0 Å². The lowest BCUT2D eigenvalue weighted by molar-refractivity contribution is -0.104. The van der Waals surface area contributed by atoms with Crippen LogP contribution < -0.4 is 22.9 Å². The average molecular weight is 471 g/mol. The van der Waals surface area contributed by atoms with Gasteiger partial charge in [-0.3, -0.25) is 9.98 Å². The van der Waals surface area contributed by atoms with E-state index in [4.69, 9.17) is 22.9 Å². The van der Waals surface area contributed by atoms with Crippen molar-refractivity contribution >= 4 is 11.9 Å². The topological polar surface area (TPSA) is 129 Å². The molecular weight excluding hydrogens is 420 g/mol. The third-order valence-electron chi connectivity index (χ3n) is 10.7. The highest BCUT2D eigenvalue weighted by molar-refractivity contribution is 5.75. The molecule has 6 heteroatoms. The van der Waals surface area contributed by atoms with E-state index >= 15 is 0 Å². The Bertz CT molecular complexity index is 743. The maximum absolute atomic E-state index is 5.42. The highest BCUT2D eigenvalue weighted by atomic mass is 15.0. The van der Waals surface area contributed by atoms with Crippen LogP contribution in [0.1, 0.15) is 103 Å². The smallest absolute Gasteiger partial charge is 0.185 e. The van der Waals surface area contributed by atoms with Crippen molar-refractivity contribution in [2.24, 2.45) is 78.8 Å². The van der Waals surface area contributed by atoms with Crippen LogP contribution >= 0.6 is 0 Å². The van der Waals surface area contributed by atoms with Gasteiger partial charge in [0.15, 0.2) is 11.9 Å². The summed E-state index contributed by atoms with van der Waals surface area (Å²) < 4.78 is 0. The molecule has 34 heavy (non-hydrogen) atoms. The van der Waals surface area contributed by atoms with Crippen LogP contribution in [-0.2, 0) is 0 Å². The van der Waals surface area contributed by atoms with Crippen molar-refractivity contribution in [1.29, 1.82) is 0 Å². The van der Waals surface area contributed by atoms with Gasteiger partial charge in [0.1, 0.15) is 0 Å². The van der Waals surface area contributed by atoms with Gasteiger partial charge in [0, 0.05) is 13.1 Å². The molecule has 0 heterocycles. The van der Waals surface area contributed by atoms with Gasteiger partial charge in [-0.2, -0.15) is 0 Å². The van der Waals surface area contributed by atoms with E-state index < -0.39 is 0 Å². The summed E-state index contributed by atoms with van der Waals surface area (Å²) in [6.07, 6.45) is 21.6. The summed E-state index contributed by atoms with van der Waals surface area (Å²) >= 11 is 0. The number of nitrogens with two attached hydrogens (primary N) is 4. The molecule has 8 bridgehead atoms. The number of hydrogen-bond acceptors (Lipinski definition) is 2. The first-order valence-corrected chi connectivity index (χ1v) is 14.2. The summed E-state index contributed by atoms with van der Waals surface area (Å²) in [6.45, 7) is 4.17. The minimum Gasteiger partial charge on any atom is -0.370 e. The van der Waals surface area contributed by atoms with Crippen LogP contribution in [0.15, 0.2) is 9.98 Å². The Morgan fingerprint density at radius 2 is 1.09 bits per heavy atom. The Hall–Kier alpha value is -1.46. The quantitative estimate of drug-likeness (QED) is 0.248. The molecular formula is C28H50N6. The molecule has 8 aliphatic carbocycles. The molecule has 0 radical (unpaired) electrons. The summed E-state index contributed by atoms with van der Waals surface area (Å²) in [7, 11) is 0. The first kappa shape index (κ1) is 24.2. The minimum atomic E-state index is 0.246. The number of guanidine groups is 2. The summed E-state index contributed by atoms with van der Waals surface area (Å²) in [4.78, 5) is 8.31. The Balaban J connectivity index is 0.000000142. The molecule has 192 valence electrons. The van der Waals surface area contributed by atoms with Gasteiger partial charge in [-0.15, -0.1) is 0 Å². The van der Waals surface area contributed by atoms with Gasteiger partial charge in [0.25, 0.3) is 0 Å². The third-order valence-corrected chi connectivity index (χ3v) is 10.7. The fraction of sp³-hybridized carbons (Fsp3) is 0.929. The molecule has 8 aliphatic rings. The average Bonchev–Trinajstić information content (AvgIpc) is 2.68. The fourth-order valence-corrected chi connectivity index (χ4v) is 10.9. The van der Waals surface area contributed by atoms with Crippen LogP contribution in [0.25, 0.3) is 0 Å². The normalized spacial score (nSPS) is 44.9. The maximum atomic E-state index is 5.42. The third kappa shape index (κ3) is 5.36. The van der Waals surface area contributed by atoms with E-state index in [0.29, 0.717) is 16.2 Å². The van der Waals surface area contributed by atoms with E-state index in [1.807, 2.05) is 0 Å². The first-order chi connectivity index (χ1) is 16.1. The largest absolute Gasteiger partial charge is 0.370 e. The van der Waals surface area contributed by atoms with Gasteiger partial charge in [-0.25, -0.2) is 0 Å². The Labute approximate surface area is 207 Å². The van der Waals surface area contributed by atoms with Crippen LogP contribution in [0.4, 0.5) is 0 Å². The van der Waals surface area contributed by atoms with Crippen molar-refractivity contribution < 1.29 is 0 Å². The van der Waals surface area contributed by atoms with E-state index in [1.165, 1.54) is 96.3 Å². The van der Waals surface area contributed by atoms with Gasteiger partial charge in [0.2, 0.25) is 0 Å². The fourth-order valence-electron chi connectivity index (χ4n) is 10.9. The Morgan fingerprint density at radius 1 is 0.618 bits per heavy atom. The van der Waals surface area contributed by atoms with Crippen molar-refractivity contribution in [3.63, 3.8) is 0 Å². The molecule has 2 atom stereocenters. The second-order valence-corrected chi connectivity index (χ2v) is 14.2. The van der Waals surface area contributed by atoms with Gasteiger partial charge < -0.3 is 22.9 Å². The lowest BCUT2D eigenvalue weighted by Crippen LogP contribution is -2.51. The molecule has 2 unspecified atom stereocenters. The highest BCUT2D eigenvalue weighted by Crippen LogP contribution is 2.66. The van der Waals surface area contributed by atoms with Crippen molar-refractivity contribution in [2.75, 3.05) is 13.1 Å². The number of rotatable bonds is 7. The van der Waals surface area contributed by atoms with Crippen LogP contribution in [0.5, 0.6) is 0 Å². The van der Waals surface area contributed by atoms with Gasteiger partial charge >= 0.3 is 0 Å². The molecule has 0 saturated heterocycles. The lowest BCUT2D eigenvalue weighted by atomic mass is 9.44. The highest BCUT2D eigenvalue weighted by Gasteiger charge is 2.55. The van der Waals surface area contributed by atoms with E-state index in [2.05, 4.69) is 16.9 Å². The van der Waals surface area contributed by atoms with E-state index in [-0.39, 0.29) is 11.9 Å². The zero-order valence-electron chi connectivity index (χ0n) is 21.6. The molecule has 8 fully saturated rings. The van der Waals surface area contributed by atoms with E-state index in [9.17, 15) is 0 Å². The van der Waals surface area contributed by atoms with Crippen molar-refractivity contribution in [1.82, 2.24) is 0 Å². The van der Waals surface area contributed by atoms with Crippen molar-refractivity contribution in [3.05, 3.63) is 0 Å². The predicted octanol–water partition coefficient (Wildman–Crippen LogP) is 4.51. The number of nitrogens with zero attached hydrogens (tertiary/aromatic N) is 2. The standard InChI is InChI=1S/2C14H25N3/c1-13-5-10-4-11(6-13)8-14(7-10,9-13)2-3-17-12(15)16;15-13(16)17-3-1-2-14-7-10-4-11(8-14)6-12(5-10)9-14/h10-11H,2-9H2,1H3,(H4,15,16,17);10-12H,1-9H2,(H4,15,16,17). The second kappa shape index (κ2) is 9.20. The van der Waals surface area contributed by atoms with Crippen LogP contribution in [0, 0.1) is 45.8 Å². The van der Waals surface area contributed by atoms with Crippen LogP contribution in [-0.4, -0.2) is 25.0 Å². The summed E-state index contributed by atoms with van der Waals surface area (Å²) in [6, 6.07) is 0. The Morgan fingerprint density at radius 3 is 1.59 bits per heavy atom. The van der Waals surface area contributed by atoms with Crippen molar-refractivity contribution in [3.8, 4) is 0 Å². The molecule has 0 aromatic rings. The summed E-state index contributed by atoms with van der Waals surface area (Å²) in [5.74, 6) is 5.68. The second-order valence-electron chi connectivity index (χ2n) is 14.2. The van der Waals surface area contributed by atoms with Crippen LogP contribution in [0.2, 0.25) is 0 Å². The summed E-state index contributed by atoms with van der Waals surface area (Å²) in [5.41, 5.74) is 23.5. The lowest BCUT2D eigenvalue weighted by Gasteiger charge is -2.61. The SMILES string of the molecule is CC12CC3CC(C1)CC(CCN=C(N)N)(C3)C2.NC(N)=NCCCC12CC3CC(CC(C3)C1)C2. The van der Waals surface area contributed by atoms with Gasteiger partial charge in [-0.05, 0) is 142 Å². The Kier molecular flexibility index (Phi) is 6.56. The molecule has 0 aliphatic heterocycles. The first-order valence-electron chi connectivity index (χ1n) is 14.2. The molecule has 0 amide bonds. The summed E-state index contributed by atoms with van der Waals surface area (Å²) in [5, 5.41) is 0. The molecule has 0 spiro atoms. The molecule has 8 rings (SSSR count). The number of aliphatic imine (C=N–C) groups is 2. The molecule has 6 nitrogen and oxygen atoms in total. The molecule has 0 aromatic heterocycles. The van der Waals surface area contributed by atoms with Crippen molar-refractivity contribution in [2.45, 2.75) is 103 Å². The zero-order valence-corrected chi connectivity index (χ0v) is 21.6. The van der Waals surface area contributed by atoms with E-state index in [0.717, 1.165) is 42.7 Å². The molecule has 8 saturated carbocycles. The zero-order chi connectivity index (χ0) is 24.0. The molecule has 8 N–H and O–H groups in total.